The van der Waals surface area contributed by atoms with Gasteiger partial charge in [-0.15, -0.1) is 0 Å². The molecule has 0 amide bonds. The number of benzene rings is 1. The Labute approximate surface area is 192 Å². The van der Waals surface area contributed by atoms with E-state index in [-0.39, 0.29) is 12.1 Å². The van der Waals surface area contributed by atoms with Crippen LogP contribution in [0.3, 0.4) is 0 Å². The van der Waals surface area contributed by atoms with E-state index in [2.05, 4.69) is 42.1 Å². The number of hydrogen-bond acceptors (Lipinski definition) is 9. The Hall–Kier alpha value is -4.28. The number of rotatable bonds is 5. The van der Waals surface area contributed by atoms with Crippen molar-refractivity contribution in [1.29, 1.82) is 0 Å². The fourth-order valence-electron chi connectivity index (χ4n) is 5.13. The highest BCUT2D eigenvalue weighted by molar-refractivity contribution is 5.69. The van der Waals surface area contributed by atoms with E-state index in [1.165, 1.54) is 23.0 Å². The first kappa shape index (κ1) is 19.2. The summed E-state index contributed by atoms with van der Waals surface area (Å²) < 4.78 is 14.0. The topological polar surface area (TPSA) is 121 Å². The van der Waals surface area contributed by atoms with Crippen molar-refractivity contribution in [2.75, 3.05) is 18.0 Å². The third-order valence-electron chi connectivity index (χ3n) is 6.91. The second kappa shape index (κ2) is 7.11. The van der Waals surface area contributed by atoms with Crippen LogP contribution >= 0.6 is 0 Å². The number of oxazole rings is 1. The zero-order valence-electron chi connectivity index (χ0n) is 18.3. The van der Waals surface area contributed by atoms with E-state index in [1.54, 1.807) is 24.1 Å². The summed E-state index contributed by atoms with van der Waals surface area (Å²) in [5.74, 6) is 3.18. The standard InChI is InChI=1S/C23H20N8O3/c1-29-10-25-22-20(29)23(32)31(11-26-22)9-18-27-21(28-34-18)19-15-7-30(8-16(15)19)14-4-2-3-13(5-14)17-6-24-12-33-17/h2-6,10-12,15-16,19H,7-9H2,1H3/t15-,16?,19?/m0/s1. The average Bonchev–Trinajstić information content (AvgIpc) is 3.47. The van der Waals surface area contributed by atoms with Gasteiger partial charge < -0.3 is 18.4 Å². The van der Waals surface area contributed by atoms with Crippen LogP contribution in [0.2, 0.25) is 0 Å². The van der Waals surface area contributed by atoms with Crippen LogP contribution in [0.25, 0.3) is 22.5 Å². The molecule has 5 heterocycles. The normalized spacial score (nSPS) is 21.3. The molecule has 1 saturated carbocycles. The van der Waals surface area contributed by atoms with E-state index in [4.69, 9.17) is 8.94 Å². The lowest BCUT2D eigenvalue weighted by Crippen LogP contribution is -2.23. The summed E-state index contributed by atoms with van der Waals surface area (Å²) in [4.78, 5) is 32.1. The molecular weight excluding hydrogens is 436 g/mol. The van der Waals surface area contributed by atoms with Crippen LogP contribution in [-0.4, -0.2) is 47.3 Å². The van der Waals surface area contributed by atoms with Gasteiger partial charge in [-0.05, 0) is 24.0 Å². The zero-order chi connectivity index (χ0) is 22.8. The van der Waals surface area contributed by atoms with Crippen LogP contribution in [-0.2, 0) is 13.6 Å². The molecule has 3 atom stereocenters. The van der Waals surface area contributed by atoms with Crippen LogP contribution in [0.4, 0.5) is 5.69 Å². The molecule has 11 nitrogen and oxygen atoms in total. The molecule has 0 N–H and O–H groups in total. The van der Waals surface area contributed by atoms with E-state index in [9.17, 15) is 4.79 Å². The van der Waals surface area contributed by atoms with E-state index in [0.717, 1.165) is 30.2 Å². The third kappa shape index (κ3) is 2.96. The fourth-order valence-corrected chi connectivity index (χ4v) is 5.13. The van der Waals surface area contributed by atoms with Crippen LogP contribution < -0.4 is 10.5 Å². The Kier molecular flexibility index (Phi) is 4.02. The lowest BCUT2D eigenvalue weighted by atomic mass is 10.1. The number of piperidine rings is 1. The highest BCUT2D eigenvalue weighted by Gasteiger charge is 2.58. The first-order valence-corrected chi connectivity index (χ1v) is 11.1. The van der Waals surface area contributed by atoms with Crippen molar-refractivity contribution >= 4 is 16.9 Å². The Morgan fingerprint density at radius 2 is 2.00 bits per heavy atom. The van der Waals surface area contributed by atoms with Crippen molar-refractivity contribution in [3.8, 4) is 11.3 Å². The van der Waals surface area contributed by atoms with Crippen LogP contribution in [0.1, 0.15) is 17.6 Å². The highest BCUT2D eigenvalue weighted by atomic mass is 16.5. The lowest BCUT2D eigenvalue weighted by Gasteiger charge is -2.22. The second-order valence-electron chi connectivity index (χ2n) is 8.93. The minimum Gasteiger partial charge on any atom is -0.444 e. The van der Waals surface area contributed by atoms with Gasteiger partial charge in [0.15, 0.2) is 29.1 Å². The van der Waals surface area contributed by atoms with E-state index in [0.29, 0.717) is 34.8 Å². The molecule has 4 aromatic heterocycles. The quantitative estimate of drug-likeness (QED) is 0.391. The molecular formula is C23H20N8O3. The first-order chi connectivity index (χ1) is 16.7. The molecule has 0 spiro atoms. The Bertz CT molecular complexity index is 1550. The molecule has 1 saturated heterocycles. The Morgan fingerprint density at radius 3 is 2.82 bits per heavy atom. The lowest BCUT2D eigenvalue weighted by molar-refractivity contribution is 0.363. The van der Waals surface area contributed by atoms with Crippen molar-refractivity contribution in [3.05, 3.63) is 71.6 Å². The van der Waals surface area contributed by atoms with Crippen molar-refractivity contribution < 1.29 is 8.94 Å². The van der Waals surface area contributed by atoms with Gasteiger partial charge in [0.25, 0.3) is 5.56 Å². The largest absolute Gasteiger partial charge is 0.444 e. The van der Waals surface area contributed by atoms with E-state index < -0.39 is 0 Å². The monoisotopic (exact) mass is 456 g/mol. The maximum Gasteiger partial charge on any atom is 0.280 e. The van der Waals surface area contributed by atoms with Crippen molar-refractivity contribution in [1.82, 2.24) is 34.2 Å². The van der Waals surface area contributed by atoms with Gasteiger partial charge in [0, 0.05) is 37.3 Å². The molecule has 2 unspecified atom stereocenters. The van der Waals surface area contributed by atoms with Gasteiger partial charge in [-0.2, -0.15) is 4.98 Å². The van der Waals surface area contributed by atoms with Gasteiger partial charge in [0.05, 0.1) is 12.5 Å². The molecule has 1 aromatic carbocycles. The molecule has 1 aliphatic carbocycles. The SMILES string of the molecule is Cn1cnc2ncn(Cc3nc(C4C5CN(c6cccc(-c7cnco7)c6)C[C@@H]54)no3)c(=O)c21. The molecule has 0 radical (unpaired) electrons. The van der Waals surface area contributed by atoms with Gasteiger partial charge in [-0.1, -0.05) is 17.3 Å². The third-order valence-corrected chi connectivity index (χ3v) is 6.91. The number of anilines is 1. The second-order valence-corrected chi connectivity index (χ2v) is 8.93. The summed E-state index contributed by atoms with van der Waals surface area (Å²) in [7, 11) is 1.77. The number of aryl methyl sites for hydroxylation is 1. The summed E-state index contributed by atoms with van der Waals surface area (Å²) in [5.41, 5.74) is 2.88. The molecule has 5 aromatic rings. The molecule has 170 valence electrons. The Morgan fingerprint density at radius 1 is 1.15 bits per heavy atom. The van der Waals surface area contributed by atoms with Crippen molar-refractivity contribution in [2.24, 2.45) is 18.9 Å². The maximum atomic E-state index is 12.8. The summed E-state index contributed by atoms with van der Waals surface area (Å²) in [6.45, 7) is 2.07. The number of hydrogen-bond donors (Lipinski definition) is 0. The van der Waals surface area contributed by atoms with Gasteiger partial charge in [-0.3, -0.25) is 9.36 Å². The molecule has 0 bridgehead atoms. The van der Waals surface area contributed by atoms with Crippen LogP contribution in [0, 0.1) is 11.8 Å². The molecule has 11 heteroatoms. The number of aromatic nitrogens is 7. The fraction of sp³-hybridized carbons (Fsp3) is 0.304. The number of fused-ring (bicyclic) bond motifs is 2. The minimum atomic E-state index is -0.184. The smallest absolute Gasteiger partial charge is 0.280 e. The summed E-state index contributed by atoms with van der Waals surface area (Å²) >= 11 is 0. The van der Waals surface area contributed by atoms with Gasteiger partial charge in [0.2, 0.25) is 5.89 Å². The predicted molar refractivity (Wildman–Crippen MR) is 120 cm³/mol. The van der Waals surface area contributed by atoms with Gasteiger partial charge >= 0.3 is 0 Å². The van der Waals surface area contributed by atoms with E-state index >= 15 is 0 Å². The zero-order valence-corrected chi connectivity index (χ0v) is 18.3. The van der Waals surface area contributed by atoms with Crippen molar-refractivity contribution in [3.63, 3.8) is 0 Å². The maximum absolute atomic E-state index is 12.8. The molecule has 34 heavy (non-hydrogen) atoms. The number of imidazole rings is 1. The molecule has 1 aliphatic heterocycles. The molecule has 2 fully saturated rings. The van der Waals surface area contributed by atoms with Gasteiger partial charge in [0.1, 0.15) is 12.9 Å². The van der Waals surface area contributed by atoms with Crippen LogP contribution in [0.15, 0.2) is 63.2 Å². The van der Waals surface area contributed by atoms with Crippen LogP contribution in [0.5, 0.6) is 0 Å². The van der Waals surface area contributed by atoms with E-state index in [1.807, 2.05) is 12.1 Å². The number of nitrogens with zero attached hydrogens (tertiary/aromatic N) is 8. The average molecular weight is 456 g/mol. The minimum absolute atomic E-state index is 0.183. The summed E-state index contributed by atoms with van der Waals surface area (Å²) in [5, 5.41) is 4.22. The van der Waals surface area contributed by atoms with Crippen molar-refractivity contribution in [2.45, 2.75) is 12.5 Å². The highest BCUT2D eigenvalue weighted by Crippen LogP contribution is 2.58. The predicted octanol–water partition coefficient (Wildman–Crippen LogP) is 2.07. The Balaban J connectivity index is 1.05. The summed E-state index contributed by atoms with van der Waals surface area (Å²) in [6, 6.07) is 8.33. The summed E-state index contributed by atoms with van der Waals surface area (Å²) in [6.07, 6.45) is 6.22. The van der Waals surface area contributed by atoms with Gasteiger partial charge in [-0.25, -0.2) is 15.0 Å². The first-order valence-electron chi connectivity index (χ1n) is 11.1. The molecule has 7 rings (SSSR count). The molecule has 2 aliphatic rings.